The summed E-state index contributed by atoms with van der Waals surface area (Å²) < 4.78 is 5.24. The summed E-state index contributed by atoms with van der Waals surface area (Å²) in [4.78, 5) is 13.0. The largest absolute Gasteiger partial charge is 0.480 e. The zero-order valence-corrected chi connectivity index (χ0v) is 10.2. The Bertz CT molecular complexity index is 407. The van der Waals surface area contributed by atoms with Crippen LogP contribution in [-0.4, -0.2) is 36.9 Å². The van der Waals surface area contributed by atoms with E-state index in [0.717, 1.165) is 5.69 Å². The molecule has 92 valence electrons. The maximum absolute atomic E-state index is 11.2. The van der Waals surface area contributed by atoms with Crippen molar-refractivity contribution in [1.82, 2.24) is 0 Å². The molecule has 2 unspecified atom stereocenters. The molecule has 1 saturated heterocycles. The van der Waals surface area contributed by atoms with E-state index in [4.69, 9.17) is 16.3 Å². The Hall–Kier alpha value is -1.26. The van der Waals surface area contributed by atoms with E-state index < -0.39 is 12.0 Å². The number of carboxylic acid groups (broad SMARTS) is 1. The second kappa shape index (κ2) is 4.94. The number of carbonyl (C=O) groups is 1. The molecule has 1 N–H and O–H groups in total. The first-order valence-electron chi connectivity index (χ1n) is 5.39. The van der Waals surface area contributed by atoms with E-state index in [1.165, 1.54) is 0 Å². The SMILES string of the molecule is COC1CC(C(=O)O)N(c2ccc(Cl)cc2)C1. The van der Waals surface area contributed by atoms with Gasteiger partial charge in [-0.2, -0.15) is 0 Å². The molecule has 1 fully saturated rings. The predicted octanol–water partition coefficient (Wildman–Crippen LogP) is 2.02. The number of rotatable bonds is 3. The highest BCUT2D eigenvalue weighted by Crippen LogP contribution is 2.28. The molecule has 0 spiro atoms. The third-order valence-electron chi connectivity index (χ3n) is 3.04. The van der Waals surface area contributed by atoms with Crippen molar-refractivity contribution in [3.63, 3.8) is 0 Å². The molecule has 0 aromatic heterocycles. The number of hydrogen-bond donors (Lipinski definition) is 1. The normalized spacial score (nSPS) is 24.0. The summed E-state index contributed by atoms with van der Waals surface area (Å²) in [5.74, 6) is -0.820. The van der Waals surface area contributed by atoms with E-state index in [1.54, 1.807) is 19.2 Å². The highest BCUT2D eigenvalue weighted by atomic mass is 35.5. The first-order chi connectivity index (χ1) is 8.11. The molecule has 1 aliphatic heterocycles. The summed E-state index contributed by atoms with van der Waals surface area (Å²) in [7, 11) is 1.61. The van der Waals surface area contributed by atoms with Crippen LogP contribution in [0.25, 0.3) is 0 Å². The monoisotopic (exact) mass is 255 g/mol. The summed E-state index contributed by atoms with van der Waals surface area (Å²) in [5.41, 5.74) is 0.862. The summed E-state index contributed by atoms with van der Waals surface area (Å²) in [5, 5.41) is 9.83. The van der Waals surface area contributed by atoms with E-state index in [-0.39, 0.29) is 6.10 Å². The van der Waals surface area contributed by atoms with Crippen LogP contribution in [0.4, 0.5) is 5.69 Å². The second-order valence-corrected chi connectivity index (χ2v) is 4.51. The van der Waals surface area contributed by atoms with Gasteiger partial charge in [0.15, 0.2) is 0 Å². The van der Waals surface area contributed by atoms with Crippen LogP contribution in [0.5, 0.6) is 0 Å². The van der Waals surface area contributed by atoms with Crippen LogP contribution < -0.4 is 4.90 Å². The average molecular weight is 256 g/mol. The molecule has 0 amide bonds. The number of nitrogens with zero attached hydrogens (tertiary/aromatic N) is 1. The van der Waals surface area contributed by atoms with Gasteiger partial charge < -0.3 is 14.7 Å². The minimum Gasteiger partial charge on any atom is -0.480 e. The van der Waals surface area contributed by atoms with Gasteiger partial charge in [-0.25, -0.2) is 4.79 Å². The van der Waals surface area contributed by atoms with Gasteiger partial charge in [0.2, 0.25) is 0 Å². The van der Waals surface area contributed by atoms with Crippen LogP contribution in [0, 0.1) is 0 Å². The van der Waals surface area contributed by atoms with Crippen molar-refractivity contribution in [3.8, 4) is 0 Å². The van der Waals surface area contributed by atoms with Gasteiger partial charge in [-0.15, -0.1) is 0 Å². The lowest BCUT2D eigenvalue weighted by Crippen LogP contribution is -2.35. The zero-order valence-electron chi connectivity index (χ0n) is 9.47. The highest BCUT2D eigenvalue weighted by Gasteiger charge is 2.36. The Morgan fingerprint density at radius 3 is 2.65 bits per heavy atom. The summed E-state index contributed by atoms with van der Waals surface area (Å²) in [6, 6.07) is 6.65. The number of anilines is 1. The van der Waals surface area contributed by atoms with Crippen LogP contribution in [0.1, 0.15) is 6.42 Å². The lowest BCUT2D eigenvalue weighted by molar-refractivity contribution is -0.138. The number of carboxylic acids is 1. The van der Waals surface area contributed by atoms with Crippen molar-refractivity contribution in [2.24, 2.45) is 0 Å². The molecule has 1 heterocycles. The fourth-order valence-corrected chi connectivity index (χ4v) is 2.25. The zero-order chi connectivity index (χ0) is 12.4. The summed E-state index contributed by atoms with van der Waals surface area (Å²) in [6.07, 6.45) is 0.473. The quantitative estimate of drug-likeness (QED) is 0.898. The van der Waals surface area contributed by atoms with Crippen LogP contribution in [0.2, 0.25) is 5.02 Å². The van der Waals surface area contributed by atoms with Gasteiger partial charge in [-0.1, -0.05) is 11.6 Å². The topological polar surface area (TPSA) is 49.8 Å². The molecule has 5 heteroatoms. The number of hydrogen-bond acceptors (Lipinski definition) is 3. The van der Waals surface area contributed by atoms with Crippen molar-refractivity contribution in [3.05, 3.63) is 29.3 Å². The van der Waals surface area contributed by atoms with Crippen molar-refractivity contribution in [1.29, 1.82) is 0 Å². The smallest absolute Gasteiger partial charge is 0.326 e. The highest BCUT2D eigenvalue weighted by molar-refractivity contribution is 6.30. The van der Waals surface area contributed by atoms with Gasteiger partial charge in [-0.3, -0.25) is 0 Å². The summed E-state index contributed by atoms with van der Waals surface area (Å²) >= 11 is 5.81. The van der Waals surface area contributed by atoms with E-state index in [0.29, 0.717) is 18.0 Å². The minimum atomic E-state index is -0.820. The number of ether oxygens (including phenoxy) is 1. The maximum atomic E-state index is 11.2. The van der Waals surface area contributed by atoms with Crippen LogP contribution in [-0.2, 0) is 9.53 Å². The molecular formula is C12H14ClNO3. The molecule has 0 saturated carbocycles. The van der Waals surface area contributed by atoms with Crippen LogP contribution >= 0.6 is 11.6 Å². The van der Waals surface area contributed by atoms with Crippen LogP contribution in [0.3, 0.4) is 0 Å². The molecule has 0 radical (unpaired) electrons. The van der Waals surface area contributed by atoms with Crippen LogP contribution in [0.15, 0.2) is 24.3 Å². The standard InChI is InChI=1S/C12H14ClNO3/c1-17-10-6-11(12(15)16)14(7-10)9-4-2-8(13)3-5-9/h2-5,10-11H,6-7H2,1H3,(H,15,16). The van der Waals surface area contributed by atoms with Gasteiger partial charge >= 0.3 is 5.97 Å². The Balaban J connectivity index is 2.23. The fourth-order valence-electron chi connectivity index (χ4n) is 2.12. The number of halogens is 1. The van der Waals surface area contributed by atoms with Crippen molar-refractivity contribution < 1.29 is 14.6 Å². The minimum absolute atomic E-state index is 0.0354. The molecule has 0 aliphatic carbocycles. The Morgan fingerprint density at radius 2 is 2.12 bits per heavy atom. The first-order valence-corrected chi connectivity index (χ1v) is 5.77. The Kier molecular flexibility index (Phi) is 3.54. The number of benzene rings is 1. The van der Waals surface area contributed by atoms with Gasteiger partial charge in [-0.05, 0) is 24.3 Å². The lowest BCUT2D eigenvalue weighted by Gasteiger charge is -2.23. The van der Waals surface area contributed by atoms with E-state index in [9.17, 15) is 9.90 Å². The number of methoxy groups -OCH3 is 1. The number of aliphatic carboxylic acids is 1. The van der Waals surface area contributed by atoms with Crippen molar-refractivity contribution >= 4 is 23.3 Å². The van der Waals surface area contributed by atoms with E-state index >= 15 is 0 Å². The Labute approximate surface area is 105 Å². The van der Waals surface area contributed by atoms with Gasteiger partial charge in [0.1, 0.15) is 6.04 Å². The van der Waals surface area contributed by atoms with Gasteiger partial charge in [0.05, 0.1) is 6.10 Å². The van der Waals surface area contributed by atoms with Gasteiger partial charge in [0.25, 0.3) is 0 Å². The molecule has 1 aromatic rings. The third-order valence-corrected chi connectivity index (χ3v) is 3.29. The molecule has 2 rings (SSSR count). The molecule has 1 aliphatic rings. The molecule has 17 heavy (non-hydrogen) atoms. The fraction of sp³-hybridized carbons (Fsp3) is 0.417. The molecule has 2 atom stereocenters. The lowest BCUT2D eigenvalue weighted by atomic mass is 10.2. The molecule has 4 nitrogen and oxygen atoms in total. The van der Waals surface area contributed by atoms with Crippen molar-refractivity contribution in [2.45, 2.75) is 18.6 Å². The Morgan fingerprint density at radius 1 is 1.47 bits per heavy atom. The predicted molar refractivity (Wildman–Crippen MR) is 65.6 cm³/mol. The van der Waals surface area contributed by atoms with E-state index in [2.05, 4.69) is 0 Å². The van der Waals surface area contributed by atoms with E-state index in [1.807, 2.05) is 17.0 Å². The molecular weight excluding hydrogens is 242 g/mol. The first kappa shape index (κ1) is 12.2. The summed E-state index contributed by atoms with van der Waals surface area (Å²) in [6.45, 7) is 0.592. The third kappa shape index (κ3) is 2.53. The average Bonchev–Trinajstić information content (AvgIpc) is 2.74. The van der Waals surface area contributed by atoms with Crippen molar-refractivity contribution in [2.75, 3.05) is 18.6 Å². The second-order valence-electron chi connectivity index (χ2n) is 4.08. The maximum Gasteiger partial charge on any atom is 0.326 e. The molecule has 1 aromatic carbocycles. The van der Waals surface area contributed by atoms with Gasteiger partial charge in [0, 0.05) is 30.8 Å². The molecule has 0 bridgehead atoms.